The van der Waals surface area contributed by atoms with Crippen LogP contribution in [0.15, 0.2) is 18.2 Å². The summed E-state index contributed by atoms with van der Waals surface area (Å²) in [4.78, 5) is 0. The highest BCUT2D eigenvalue weighted by Crippen LogP contribution is 2.28. The monoisotopic (exact) mass is 260 g/mol. The van der Waals surface area contributed by atoms with Crippen LogP contribution < -0.4 is 5.32 Å². The fourth-order valence-electron chi connectivity index (χ4n) is 2.92. The van der Waals surface area contributed by atoms with Crippen molar-refractivity contribution in [2.45, 2.75) is 51.5 Å². The standard InChI is InChI=1S/C16H21FN2/c1-12-7-14(17)10-15(8-12)19-16(11-18)9-13-5-3-2-4-6-13/h7-8,10,13,16,19H,2-6,9H2,1H3. The van der Waals surface area contributed by atoms with Crippen molar-refractivity contribution in [3.8, 4) is 6.07 Å². The smallest absolute Gasteiger partial charge is 0.125 e. The summed E-state index contributed by atoms with van der Waals surface area (Å²) in [6.07, 6.45) is 7.20. The molecule has 1 fully saturated rings. The Morgan fingerprint density at radius 2 is 2.05 bits per heavy atom. The van der Waals surface area contributed by atoms with Gasteiger partial charge in [0.25, 0.3) is 0 Å². The third-order valence-electron chi connectivity index (χ3n) is 3.83. The van der Waals surface area contributed by atoms with Gasteiger partial charge in [0.15, 0.2) is 0 Å². The minimum Gasteiger partial charge on any atom is -0.370 e. The fourth-order valence-corrected chi connectivity index (χ4v) is 2.92. The molecule has 1 unspecified atom stereocenters. The number of rotatable bonds is 4. The molecule has 1 saturated carbocycles. The van der Waals surface area contributed by atoms with E-state index in [2.05, 4.69) is 11.4 Å². The van der Waals surface area contributed by atoms with E-state index in [1.54, 1.807) is 0 Å². The lowest BCUT2D eigenvalue weighted by molar-refractivity contribution is 0.335. The number of benzene rings is 1. The summed E-state index contributed by atoms with van der Waals surface area (Å²) in [5.41, 5.74) is 1.58. The van der Waals surface area contributed by atoms with Gasteiger partial charge in [0.2, 0.25) is 0 Å². The molecule has 0 saturated heterocycles. The number of hydrogen-bond donors (Lipinski definition) is 1. The Kier molecular flexibility index (Phi) is 4.79. The van der Waals surface area contributed by atoms with E-state index < -0.39 is 0 Å². The van der Waals surface area contributed by atoms with Crippen molar-refractivity contribution in [3.05, 3.63) is 29.6 Å². The summed E-state index contributed by atoms with van der Waals surface area (Å²) in [6.45, 7) is 1.86. The zero-order valence-corrected chi connectivity index (χ0v) is 11.5. The molecular weight excluding hydrogens is 239 g/mol. The summed E-state index contributed by atoms with van der Waals surface area (Å²) in [5.74, 6) is 0.386. The maximum Gasteiger partial charge on any atom is 0.125 e. The predicted octanol–water partition coefficient (Wildman–Crippen LogP) is 4.41. The first-order valence-corrected chi connectivity index (χ1v) is 7.10. The number of anilines is 1. The number of halogens is 1. The van der Waals surface area contributed by atoms with Gasteiger partial charge in [-0.05, 0) is 43.0 Å². The molecule has 1 N–H and O–H groups in total. The Morgan fingerprint density at radius 3 is 2.68 bits per heavy atom. The quantitative estimate of drug-likeness (QED) is 0.870. The average molecular weight is 260 g/mol. The SMILES string of the molecule is Cc1cc(F)cc(NC(C#N)CC2CCCCC2)c1. The van der Waals surface area contributed by atoms with Crippen LogP contribution in [0.2, 0.25) is 0 Å². The average Bonchev–Trinajstić information content (AvgIpc) is 2.38. The van der Waals surface area contributed by atoms with Crippen LogP contribution in [0.4, 0.5) is 10.1 Å². The lowest BCUT2D eigenvalue weighted by Crippen LogP contribution is -2.22. The molecule has 1 aliphatic carbocycles. The summed E-state index contributed by atoms with van der Waals surface area (Å²) < 4.78 is 13.3. The second-order valence-corrected chi connectivity index (χ2v) is 5.58. The first-order valence-electron chi connectivity index (χ1n) is 7.10. The number of nitrogens with one attached hydrogen (secondary N) is 1. The Balaban J connectivity index is 1.96. The molecule has 3 heteroatoms. The first kappa shape index (κ1) is 13.9. The Hall–Kier alpha value is -1.56. The van der Waals surface area contributed by atoms with Gasteiger partial charge in [-0.1, -0.05) is 32.1 Å². The molecular formula is C16H21FN2. The number of hydrogen-bond acceptors (Lipinski definition) is 2. The summed E-state index contributed by atoms with van der Waals surface area (Å²) >= 11 is 0. The Morgan fingerprint density at radius 1 is 1.32 bits per heavy atom. The Labute approximate surface area is 114 Å². The van der Waals surface area contributed by atoms with Gasteiger partial charge < -0.3 is 5.32 Å². The molecule has 1 aromatic rings. The van der Waals surface area contributed by atoms with Crippen molar-refractivity contribution in [1.82, 2.24) is 0 Å². The third kappa shape index (κ3) is 4.24. The molecule has 0 spiro atoms. The Bertz CT molecular complexity index is 438. The molecule has 102 valence electrons. The van der Waals surface area contributed by atoms with Gasteiger partial charge in [0, 0.05) is 5.69 Å². The lowest BCUT2D eigenvalue weighted by Gasteiger charge is -2.24. The number of nitriles is 1. The maximum absolute atomic E-state index is 13.3. The van der Waals surface area contributed by atoms with Gasteiger partial charge >= 0.3 is 0 Å². The van der Waals surface area contributed by atoms with Crippen molar-refractivity contribution >= 4 is 5.69 Å². The molecule has 0 amide bonds. The first-order chi connectivity index (χ1) is 9.17. The molecule has 0 bridgehead atoms. The van der Waals surface area contributed by atoms with Gasteiger partial charge in [-0.2, -0.15) is 5.26 Å². The van der Waals surface area contributed by atoms with Crippen molar-refractivity contribution in [2.24, 2.45) is 5.92 Å². The summed E-state index contributed by atoms with van der Waals surface area (Å²) in [7, 11) is 0. The maximum atomic E-state index is 13.3. The van der Waals surface area contributed by atoms with E-state index in [9.17, 15) is 9.65 Å². The van der Waals surface area contributed by atoms with Gasteiger partial charge in [0.1, 0.15) is 11.9 Å². The van der Waals surface area contributed by atoms with Crippen LogP contribution in [0.5, 0.6) is 0 Å². The van der Waals surface area contributed by atoms with Crippen molar-refractivity contribution in [1.29, 1.82) is 5.26 Å². The molecule has 1 atom stereocenters. The zero-order valence-electron chi connectivity index (χ0n) is 11.5. The second kappa shape index (κ2) is 6.56. The molecule has 0 heterocycles. The largest absolute Gasteiger partial charge is 0.370 e. The second-order valence-electron chi connectivity index (χ2n) is 5.58. The predicted molar refractivity (Wildman–Crippen MR) is 75.4 cm³/mol. The molecule has 19 heavy (non-hydrogen) atoms. The van der Waals surface area contributed by atoms with Crippen molar-refractivity contribution < 1.29 is 4.39 Å². The normalized spacial score (nSPS) is 17.7. The summed E-state index contributed by atoms with van der Waals surface area (Å²) in [6, 6.07) is 6.92. The highest BCUT2D eigenvalue weighted by atomic mass is 19.1. The molecule has 1 aliphatic rings. The molecule has 1 aromatic carbocycles. The van der Waals surface area contributed by atoms with Crippen molar-refractivity contribution in [3.63, 3.8) is 0 Å². The van der Waals surface area contributed by atoms with Gasteiger partial charge in [-0.3, -0.25) is 0 Å². The third-order valence-corrected chi connectivity index (χ3v) is 3.83. The minimum atomic E-state index is -0.253. The molecule has 2 rings (SSSR count). The van der Waals surface area contributed by atoms with Gasteiger partial charge in [-0.25, -0.2) is 4.39 Å². The molecule has 0 aliphatic heterocycles. The number of nitrogens with zero attached hydrogens (tertiary/aromatic N) is 1. The van der Waals surface area contributed by atoms with Crippen LogP contribution in [0, 0.1) is 30.0 Å². The highest BCUT2D eigenvalue weighted by molar-refractivity contribution is 5.47. The van der Waals surface area contributed by atoms with E-state index in [1.807, 2.05) is 13.0 Å². The van der Waals surface area contributed by atoms with Crippen LogP contribution in [0.25, 0.3) is 0 Å². The summed E-state index contributed by atoms with van der Waals surface area (Å²) in [5, 5.41) is 12.4. The van der Waals surface area contributed by atoms with Crippen LogP contribution in [-0.2, 0) is 0 Å². The zero-order chi connectivity index (χ0) is 13.7. The van der Waals surface area contributed by atoms with E-state index in [4.69, 9.17) is 0 Å². The van der Waals surface area contributed by atoms with E-state index >= 15 is 0 Å². The highest BCUT2D eigenvalue weighted by Gasteiger charge is 2.18. The van der Waals surface area contributed by atoms with Crippen LogP contribution in [0.1, 0.15) is 44.1 Å². The van der Waals surface area contributed by atoms with E-state index in [0.29, 0.717) is 11.6 Å². The minimum absolute atomic E-state index is 0.218. The van der Waals surface area contributed by atoms with Gasteiger partial charge in [-0.15, -0.1) is 0 Å². The topological polar surface area (TPSA) is 35.8 Å². The van der Waals surface area contributed by atoms with E-state index in [-0.39, 0.29) is 11.9 Å². The molecule has 0 aromatic heterocycles. The van der Waals surface area contributed by atoms with Gasteiger partial charge in [0.05, 0.1) is 6.07 Å². The lowest BCUT2D eigenvalue weighted by atomic mass is 9.85. The molecule has 2 nitrogen and oxygen atoms in total. The van der Waals surface area contributed by atoms with Crippen LogP contribution in [-0.4, -0.2) is 6.04 Å². The van der Waals surface area contributed by atoms with E-state index in [1.165, 1.54) is 44.2 Å². The number of aryl methyl sites for hydroxylation is 1. The van der Waals surface area contributed by atoms with E-state index in [0.717, 1.165) is 12.0 Å². The van der Waals surface area contributed by atoms with Crippen LogP contribution in [0.3, 0.4) is 0 Å². The van der Waals surface area contributed by atoms with Crippen LogP contribution >= 0.6 is 0 Å². The fraction of sp³-hybridized carbons (Fsp3) is 0.562. The molecule has 0 radical (unpaired) electrons. The van der Waals surface area contributed by atoms with Crippen molar-refractivity contribution in [2.75, 3.05) is 5.32 Å².